The molecule has 0 aromatic heterocycles. The Kier molecular flexibility index (Phi) is 14.8. The SMILES string of the molecule is O=C(CCc1ccccc1)OCCOC(=O)NCC1CCCC(CNC(=O)OCCOC(=O)CCc2ccccc2)C1. The summed E-state index contributed by atoms with van der Waals surface area (Å²) in [5.74, 6) is -0.0985. The number of hydrogen-bond donors (Lipinski definition) is 2. The predicted octanol–water partition coefficient (Wildman–Crippen LogP) is 4.60. The van der Waals surface area contributed by atoms with Crippen LogP contribution in [0.3, 0.4) is 0 Å². The van der Waals surface area contributed by atoms with Crippen LogP contribution in [0.4, 0.5) is 9.59 Å². The first-order valence-electron chi connectivity index (χ1n) is 14.7. The van der Waals surface area contributed by atoms with Gasteiger partial charge in [-0.3, -0.25) is 9.59 Å². The number of ether oxygens (including phenoxy) is 4. The van der Waals surface area contributed by atoms with Crippen LogP contribution in [0, 0.1) is 11.8 Å². The molecule has 0 aliphatic heterocycles. The number of amides is 2. The summed E-state index contributed by atoms with van der Waals surface area (Å²) in [7, 11) is 0. The first kappa shape index (κ1) is 32.4. The van der Waals surface area contributed by atoms with Crippen molar-refractivity contribution >= 4 is 24.1 Å². The maximum atomic E-state index is 12.0. The Morgan fingerprint density at radius 3 is 1.43 bits per heavy atom. The Labute approximate surface area is 247 Å². The first-order chi connectivity index (χ1) is 20.5. The molecule has 1 fully saturated rings. The van der Waals surface area contributed by atoms with Gasteiger partial charge in [-0.05, 0) is 55.1 Å². The fraction of sp³-hybridized carbons (Fsp3) is 0.500. The van der Waals surface area contributed by atoms with Gasteiger partial charge >= 0.3 is 24.1 Å². The zero-order chi connectivity index (χ0) is 29.8. The number of aryl methyl sites for hydroxylation is 2. The standard InChI is InChI=1S/C32H42N2O8/c35-29(16-14-25-8-3-1-4-9-25)39-18-20-41-31(37)33-23-27-12-7-13-28(22-27)24-34-32(38)42-21-19-40-30(36)17-15-26-10-5-2-6-11-26/h1-6,8-11,27-28H,7,12-24H2,(H,33,37)(H,34,38). The fourth-order valence-electron chi connectivity index (χ4n) is 4.84. The molecule has 1 aliphatic rings. The van der Waals surface area contributed by atoms with Crippen molar-refractivity contribution in [1.82, 2.24) is 10.6 Å². The number of benzene rings is 2. The van der Waals surface area contributed by atoms with E-state index in [9.17, 15) is 19.2 Å². The molecule has 2 N–H and O–H groups in total. The predicted molar refractivity (Wildman–Crippen MR) is 156 cm³/mol. The Bertz CT molecular complexity index is 1010. The third-order valence-electron chi connectivity index (χ3n) is 7.04. The van der Waals surface area contributed by atoms with E-state index in [1.807, 2.05) is 60.7 Å². The molecule has 2 unspecified atom stereocenters. The minimum Gasteiger partial charge on any atom is -0.462 e. The van der Waals surface area contributed by atoms with Crippen molar-refractivity contribution < 1.29 is 38.1 Å². The van der Waals surface area contributed by atoms with E-state index < -0.39 is 12.2 Å². The first-order valence-corrected chi connectivity index (χ1v) is 14.7. The number of nitrogens with one attached hydrogen (secondary N) is 2. The summed E-state index contributed by atoms with van der Waals surface area (Å²) in [5, 5.41) is 5.56. The van der Waals surface area contributed by atoms with Crippen molar-refractivity contribution in [3.05, 3.63) is 71.8 Å². The Morgan fingerprint density at radius 1 is 0.595 bits per heavy atom. The molecular formula is C32H42N2O8. The molecule has 228 valence electrons. The van der Waals surface area contributed by atoms with Crippen LogP contribution in [-0.4, -0.2) is 63.6 Å². The zero-order valence-corrected chi connectivity index (χ0v) is 24.1. The van der Waals surface area contributed by atoms with Crippen LogP contribution >= 0.6 is 0 Å². The lowest BCUT2D eigenvalue weighted by Gasteiger charge is -2.29. The van der Waals surface area contributed by atoms with Gasteiger partial charge in [0, 0.05) is 25.9 Å². The highest BCUT2D eigenvalue weighted by Gasteiger charge is 2.23. The van der Waals surface area contributed by atoms with Crippen LogP contribution in [0.25, 0.3) is 0 Å². The highest BCUT2D eigenvalue weighted by atomic mass is 16.6. The van der Waals surface area contributed by atoms with Gasteiger partial charge in [-0.1, -0.05) is 67.1 Å². The summed E-state index contributed by atoms with van der Waals surface area (Å²) in [5.41, 5.74) is 2.13. The van der Waals surface area contributed by atoms with Gasteiger partial charge < -0.3 is 29.6 Å². The number of rotatable bonds is 16. The van der Waals surface area contributed by atoms with Crippen LogP contribution in [0.5, 0.6) is 0 Å². The largest absolute Gasteiger partial charge is 0.462 e. The van der Waals surface area contributed by atoms with E-state index in [-0.39, 0.29) is 63.0 Å². The molecule has 2 atom stereocenters. The van der Waals surface area contributed by atoms with E-state index in [4.69, 9.17) is 18.9 Å². The molecule has 10 nitrogen and oxygen atoms in total. The van der Waals surface area contributed by atoms with Gasteiger partial charge in [0.2, 0.25) is 0 Å². The van der Waals surface area contributed by atoms with E-state index in [2.05, 4.69) is 10.6 Å². The summed E-state index contributed by atoms with van der Waals surface area (Å²) in [6.45, 7) is 0.985. The third kappa shape index (κ3) is 14.0. The average molecular weight is 583 g/mol. The van der Waals surface area contributed by atoms with E-state index >= 15 is 0 Å². The van der Waals surface area contributed by atoms with Crippen LogP contribution in [0.2, 0.25) is 0 Å². The van der Waals surface area contributed by atoms with Crippen molar-refractivity contribution in [1.29, 1.82) is 0 Å². The smallest absolute Gasteiger partial charge is 0.407 e. The molecule has 42 heavy (non-hydrogen) atoms. The minimum atomic E-state index is -0.542. The number of alkyl carbamates (subject to hydrolysis) is 2. The summed E-state index contributed by atoms with van der Waals surface area (Å²) < 4.78 is 20.5. The summed E-state index contributed by atoms with van der Waals surface area (Å²) in [6, 6.07) is 19.4. The van der Waals surface area contributed by atoms with Crippen LogP contribution in [0.1, 0.15) is 49.7 Å². The fourth-order valence-corrected chi connectivity index (χ4v) is 4.84. The van der Waals surface area contributed by atoms with Crippen molar-refractivity contribution in [3.63, 3.8) is 0 Å². The third-order valence-corrected chi connectivity index (χ3v) is 7.04. The molecule has 3 rings (SSSR count). The minimum absolute atomic E-state index is 0.00484. The monoisotopic (exact) mass is 582 g/mol. The molecule has 10 heteroatoms. The van der Waals surface area contributed by atoms with Gasteiger partial charge in [0.25, 0.3) is 0 Å². The molecule has 0 radical (unpaired) electrons. The zero-order valence-electron chi connectivity index (χ0n) is 24.1. The number of esters is 2. The molecular weight excluding hydrogens is 540 g/mol. The Balaban J connectivity index is 1.16. The normalized spacial score (nSPS) is 16.1. The number of hydrogen-bond acceptors (Lipinski definition) is 8. The maximum Gasteiger partial charge on any atom is 0.407 e. The topological polar surface area (TPSA) is 129 Å². The van der Waals surface area contributed by atoms with Crippen molar-refractivity contribution in [2.45, 2.75) is 51.4 Å². The number of carbonyl (C=O) groups excluding carboxylic acids is 4. The van der Waals surface area contributed by atoms with Crippen LogP contribution < -0.4 is 10.6 Å². The Morgan fingerprint density at radius 2 is 1.00 bits per heavy atom. The molecule has 0 heterocycles. The lowest BCUT2D eigenvalue weighted by molar-refractivity contribution is -0.145. The molecule has 1 aliphatic carbocycles. The molecule has 0 spiro atoms. The van der Waals surface area contributed by atoms with Gasteiger partial charge in [0.1, 0.15) is 26.4 Å². The van der Waals surface area contributed by atoms with Gasteiger partial charge in [0.05, 0.1) is 0 Å². The maximum absolute atomic E-state index is 12.0. The summed E-state index contributed by atoms with van der Waals surface area (Å²) in [6.07, 6.45) is 4.50. The molecule has 0 saturated heterocycles. The van der Waals surface area contributed by atoms with E-state index in [0.717, 1.165) is 36.8 Å². The molecule has 2 aromatic carbocycles. The molecule has 2 aromatic rings. The van der Waals surface area contributed by atoms with E-state index in [0.29, 0.717) is 25.9 Å². The van der Waals surface area contributed by atoms with Crippen molar-refractivity contribution in [3.8, 4) is 0 Å². The second-order valence-electron chi connectivity index (χ2n) is 10.3. The van der Waals surface area contributed by atoms with E-state index in [1.165, 1.54) is 0 Å². The Hall–Kier alpha value is -4.08. The highest BCUT2D eigenvalue weighted by Crippen LogP contribution is 2.28. The molecule has 2 amide bonds. The van der Waals surface area contributed by atoms with Gasteiger partial charge in [-0.15, -0.1) is 0 Å². The second-order valence-corrected chi connectivity index (χ2v) is 10.3. The summed E-state index contributed by atoms with van der Waals surface area (Å²) >= 11 is 0. The second kappa shape index (κ2) is 19.1. The number of carbonyl (C=O) groups is 4. The van der Waals surface area contributed by atoms with Crippen LogP contribution in [0.15, 0.2) is 60.7 Å². The lowest BCUT2D eigenvalue weighted by atomic mass is 9.81. The van der Waals surface area contributed by atoms with Crippen molar-refractivity contribution in [2.24, 2.45) is 11.8 Å². The van der Waals surface area contributed by atoms with Gasteiger partial charge in [-0.25, -0.2) is 9.59 Å². The average Bonchev–Trinajstić information content (AvgIpc) is 3.02. The summed E-state index contributed by atoms with van der Waals surface area (Å²) in [4.78, 5) is 47.7. The van der Waals surface area contributed by atoms with E-state index in [1.54, 1.807) is 0 Å². The van der Waals surface area contributed by atoms with Gasteiger partial charge in [0.15, 0.2) is 0 Å². The van der Waals surface area contributed by atoms with Gasteiger partial charge in [-0.2, -0.15) is 0 Å². The molecule has 1 saturated carbocycles. The highest BCUT2D eigenvalue weighted by molar-refractivity contribution is 5.70. The lowest BCUT2D eigenvalue weighted by Crippen LogP contribution is -2.36. The van der Waals surface area contributed by atoms with Crippen LogP contribution in [-0.2, 0) is 41.4 Å². The van der Waals surface area contributed by atoms with Crippen molar-refractivity contribution in [2.75, 3.05) is 39.5 Å². The molecule has 0 bridgehead atoms. The quantitative estimate of drug-likeness (QED) is 0.167.